The van der Waals surface area contributed by atoms with E-state index in [-0.39, 0.29) is 18.6 Å². The second-order valence-corrected chi connectivity index (χ2v) is 10.4. The summed E-state index contributed by atoms with van der Waals surface area (Å²) in [4.78, 5) is 26.5. The average molecular weight is 514 g/mol. The zero-order valence-corrected chi connectivity index (χ0v) is 22.2. The molecule has 1 amide bonds. The van der Waals surface area contributed by atoms with Gasteiger partial charge in [-0.25, -0.2) is 9.97 Å². The number of piperazine rings is 1. The van der Waals surface area contributed by atoms with Crippen LogP contribution in [0.1, 0.15) is 50.5 Å². The lowest BCUT2D eigenvalue weighted by Gasteiger charge is -2.36. The fraction of sp³-hybridized carbons (Fsp3) is 0.452. The lowest BCUT2D eigenvalue weighted by molar-refractivity contribution is -0.123. The van der Waals surface area contributed by atoms with Gasteiger partial charge in [-0.1, -0.05) is 50.3 Å². The van der Waals surface area contributed by atoms with E-state index in [1.54, 1.807) is 12.4 Å². The maximum atomic E-state index is 12.8. The largest absolute Gasteiger partial charge is 0.483 e. The van der Waals surface area contributed by atoms with Gasteiger partial charge in [0.1, 0.15) is 5.75 Å². The molecule has 2 heterocycles. The van der Waals surface area contributed by atoms with Crippen molar-refractivity contribution in [2.45, 2.75) is 57.5 Å². The van der Waals surface area contributed by atoms with Crippen molar-refractivity contribution in [1.82, 2.24) is 20.2 Å². The highest BCUT2D eigenvalue weighted by Gasteiger charge is 2.20. The molecule has 1 aromatic heterocycles. The number of para-hydroxylation sites is 1. The molecule has 0 atom stereocenters. The van der Waals surface area contributed by atoms with Gasteiger partial charge in [0.2, 0.25) is 0 Å². The monoisotopic (exact) mass is 513 g/mol. The van der Waals surface area contributed by atoms with Gasteiger partial charge < -0.3 is 15.0 Å². The molecule has 200 valence electrons. The summed E-state index contributed by atoms with van der Waals surface area (Å²) in [7, 11) is 0. The van der Waals surface area contributed by atoms with E-state index in [0.717, 1.165) is 62.4 Å². The number of nitrogens with one attached hydrogen (secondary N) is 1. The molecule has 0 radical (unpaired) electrons. The number of hydrogen-bond donors (Lipinski definition) is 1. The van der Waals surface area contributed by atoms with E-state index < -0.39 is 0 Å². The minimum Gasteiger partial charge on any atom is -0.483 e. The third kappa shape index (κ3) is 7.32. The van der Waals surface area contributed by atoms with Crippen LogP contribution in [0.5, 0.6) is 5.75 Å². The predicted octanol–water partition coefficient (Wildman–Crippen LogP) is 5.07. The van der Waals surface area contributed by atoms with Crippen molar-refractivity contribution in [1.29, 1.82) is 0 Å². The highest BCUT2D eigenvalue weighted by Crippen LogP contribution is 2.27. The Morgan fingerprint density at radius 3 is 2.32 bits per heavy atom. The standard InChI is InChI=1S/C31H39N5O2/c37-30(34-27-10-5-2-1-3-6-11-27)24-38-29-15-14-25(31-32-16-9-17-33-31)22-26(29)23-35-18-20-36(21-19-35)28-12-7-4-8-13-28/h4,7-9,12-17,22,27H,1-3,5-6,10-11,18-21,23-24H2,(H,34,37). The van der Waals surface area contributed by atoms with Gasteiger partial charge in [-0.2, -0.15) is 0 Å². The number of carbonyl (C=O) groups excluding carboxylic acids is 1. The smallest absolute Gasteiger partial charge is 0.258 e. The second-order valence-electron chi connectivity index (χ2n) is 10.4. The Morgan fingerprint density at radius 1 is 0.868 bits per heavy atom. The number of hydrogen-bond acceptors (Lipinski definition) is 6. The fourth-order valence-electron chi connectivity index (χ4n) is 5.49. The van der Waals surface area contributed by atoms with E-state index >= 15 is 0 Å². The highest BCUT2D eigenvalue weighted by molar-refractivity contribution is 5.78. The molecule has 5 rings (SSSR count). The van der Waals surface area contributed by atoms with Gasteiger partial charge in [0, 0.05) is 68.0 Å². The first-order chi connectivity index (χ1) is 18.7. The van der Waals surface area contributed by atoms with Gasteiger partial charge in [0.15, 0.2) is 12.4 Å². The molecule has 0 bridgehead atoms. The maximum Gasteiger partial charge on any atom is 0.258 e. The number of amides is 1. The van der Waals surface area contributed by atoms with Crippen LogP contribution in [-0.4, -0.2) is 59.6 Å². The van der Waals surface area contributed by atoms with Crippen LogP contribution < -0.4 is 15.0 Å². The van der Waals surface area contributed by atoms with Crippen LogP contribution in [0.3, 0.4) is 0 Å². The van der Waals surface area contributed by atoms with Gasteiger partial charge in [0.05, 0.1) is 0 Å². The van der Waals surface area contributed by atoms with Gasteiger partial charge >= 0.3 is 0 Å². The van der Waals surface area contributed by atoms with E-state index in [1.807, 2.05) is 18.2 Å². The summed E-state index contributed by atoms with van der Waals surface area (Å²) in [6.45, 7) is 4.66. The van der Waals surface area contributed by atoms with Crippen molar-refractivity contribution in [3.05, 3.63) is 72.6 Å². The van der Waals surface area contributed by atoms with Crippen LogP contribution in [0, 0.1) is 0 Å². The molecule has 7 heteroatoms. The number of aromatic nitrogens is 2. The van der Waals surface area contributed by atoms with Crippen LogP contribution >= 0.6 is 0 Å². The summed E-state index contributed by atoms with van der Waals surface area (Å²) in [5.74, 6) is 1.41. The molecule has 0 spiro atoms. The summed E-state index contributed by atoms with van der Waals surface area (Å²) in [5.41, 5.74) is 3.28. The van der Waals surface area contributed by atoms with Crippen molar-refractivity contribution in [2.24, 2.45) is 0 Å². The predicted molar refractivity (Wildman–Crippen MR) is 151 cm³/mol. The number of rotatable bonds is 8. The Balaban J connectivity index is 1.24. The second kappa shape index (κ2) is 13.4. The lowest BCUT2D eigenvalue weighted by atomic mass is 9.97. The van der Waals surface area contributed by atoms with Crippen molar-refractivity contribution in [3.8, 4) is 17.1 Å². The van der Waals surface area contributed by atoms with Crippen LogP contribution in [0.2, 0.25) is 0 Å². The van der Waals surface area contributed by atoms with Gasteiger partial charge in [-0.3, -0.25) is 9.69 Å². The zero-order chi connectivity index (χ0) is 26.0. The topological polar surface area (TPSA) is 70.6 Å². The van der Waals surface area contributed by atoms with E-state index in [2.05, 4.69) is 61.5 Å². The highest BCUT2D eigenvalue weighted by atomic mass is 16.5. The van der Waals surface area contributed by atoms with Gasteiger partial charge in [-0.15, -0.1) is 0 Å². The average Bonchev–Trinajstić information content (AvgIpc) is 2.95. The first-order valence-electron chi connectivity index (χ1n) is 14.1. The summed E-state index contributed by atoms with van der Waals surface area (Å²) in [6.07, 6.45) is 11.9. The number of benzene rings is 2. The van der Waals surface area contributed by atoms with E-state index in [0.29, 0.717) is 5.82 Å². The third-order valence-corrected chi connectivity index (χ3v) is 7.60. The molecule has 3 aromatic rings. The molecule has 1 saturated carbocycles. The number of ether oxygens (including phenoxy) is 1. The third-order valence-electron chi connectivity index (χ3n) is 7.60. The molecular weight excluding hydrogens is 474 g/mol. The number of anilines is 1. The Bertz CT molecular complexity index is 1140. The number of carbonyl (C=O) groups is 1. The van der Waals surface area contributed by atoms with E-state index in [9.17, 15) is 4.79 Å². The Labute approximate surface area is 226 Å². The molecule has 38 heavy (non-hydrogen) atoms. The van der Waals surface area contributed by atoms with Crippen LogP contribution in [-0.2, 0) is 11.3 Å². The lowest BCUT2D eigenvalue weighted by Crippen LogP contribution is -2.46. The van der Waals surface area contributed by atoms with E-state index in [1.165, 1.54) is 37.8 Å². The normalized spacial score (nSPS) is 17.4. The van der Waals surface area contributed by atoms with Crippen molar-refractivity contribution >= 4 is 11.6 Å². The van der Waals surface area contributed by atoms with Crippen LogP contribution in [0.15, 0.2) is 67.0 Å². The SMILES string of the molecule is O=C(COc1ccc(-c2ncccn2)cc1CN1CCN(c2ccccc2)CC1)NC1CCCCCCC1. The van der Waals surface area contributed by atoms with Gasteiger partial charge in [0.25, 0.3) is 5.91 Å². The molecule has 2 fully saturated rings. The Morgan fingerprint density at radius 2 is 1.58 bits per heavy atom. The van der Waals surface area contributed by atoms with E-state index in [4.69, 9.17) is 4.74 Å². The maximum absolute atomic E-state index is 12.8. The molecule has 1 aliphatic carbocycles. The first kappa shape index (κ1) is 26.2. The first-order valence-corrected chi connectivity index (χ1v) is 14.1. The minimum absolute atomic E-state index is 0.0338. The van der Waals surface area contributed by atoms with Crippen LogP contribution in [0.25, 0.3) is 11.4 Å². The molecule has 1 saturated heterocycles. The Kier molecular flexibility index (Phi) is 9.21. The Hall–Kier alpha value is -3.45. The van der Waals surface area contributed by atoms with Crippen molar-refractivity contribution in [3.63, 3.8) is 0 Å². The number of nitrogens with zero attached hydrogens (tertiary/aromatic N) is 4. The summed E-state index contributed by atoms with van der Waals surface area (Å²) >= 11 is 0. The summed E-state index contributed by atoms with van der Waals surface area (Å²) < 4.78 is 6.13. The zero-order valence-electron chi connectivity index (χ0n) is 22.2. The quantitative estimate of drug-likeness (QED) is 0.453. The molecule has 1 aliphatic heterocycles. The molecule has 0 unspecified atom stereocenters. The summed E-state index contributed by atoms with van der Waals surface area (Å²) in [6, 6.07) is 18.7. The van der Waals surface area contributed by atoms with Crippen molar-refractivity contribution in [2.75, 3.05) is 37.7 Å². The summed E-state index contributed by atoms with van der Waals surface area (Å²) in [5, 5.41) is 3.22. The molecule has 2 aliphatic rings. The van der Waals surface area contributed by atoms with Crippen molar-refractivity contribution < 1.29 is 9.53 Å². The van der Waals surface area contributed by atoms with Crippen LogP contribution in [0.4, 0.5) is 5.69 Å². The molecule has 1 N–H and O–H groups in total. The molecular formula is C31H39N5O2. The molecule has 7 nitrogen and oxygen atoms in total. The fourth-order valence-corrected chi connectivity index (χ4v) is 5.49. The van der Waals surface area contributed by atoms with Gasteiger partial charge in [-0.05, 0) is 49.2 Å². The molecule has 2 aromatic carbocycles. The minimum atomic E-state index is -0.0338.